The average Bonchev–Trinajstić information content (AvgIpc) is 2.66. The molecule has 1 fully saturated rings. The molecule has 138 valence electrons. The number of carbonyl (C=O) groups is 1. The maximum Gasteiger partial charge on any atom is 0.225 e. The van der Waals surface area contributed by atoms with Gasteiger partial charge < -0.3 is 10.2 Å². The van der Waals surface area contributed by atoms with Gasteiger partial charge in [-0.2, -0.15) is 0 Å². The van der Waals surface area contributed by atoms with Gasteiger partial charge in [0.1, 0.15) is 5.82 Å². The minimum absolute atomic E-state index is 0.0557. The zero-order valence-electron chi connectivity index (χ0n) is 14.4. The van der Waals surface area contributed by atoms with Crippen LogP contribution in [0.15, 0.2) is 41.1 Å². The van der Waals surface area contributed by atoms with Gasteiger partial charge in [-0.3, -0.25) is 9.69 Å². The van der Waals surface area contributed by atoms with Gasteiger partial charge in [0.25, 0.3) is 0 Å². The van der Waals surface area contributed by atoms with Crippen molar-refractivity contribution in [2.24, 2.45) is 0 Å². The highest BCUT2D eigenvalue weighted by molar-refractivity contribution is 9.10. The van der Waals surface area contributed by atoms with Crippen molar-refractivity contribution in [1.82, 2.24) is 20.2 Å². The minimum atomic E-state index is -0.325. The van der Waals surface area contributed by atoms with Crippen LogP contribution in [0.2, 0.25) is 0 Å². The SMILES string of the molecule is O=C(Cc1ccc(F)c(Br)c1)NCCN1CCN(c2ncccn2)CC1. The first-order valence-corrected chi connectivity index (χ1v) is 9.36. The summed E-state index contributed by atoms with van der Waals surface area (Å²) in [5.74, 6) is 0.389. The molecule has 1 aromatic carbocycles. The number of hydrogen-bond donors (Lipinski definition) is 1. The maximum atomic E-state index is 13.2. The van der Waals surface area contributed by atoms with Gasteiger partial charge in [-0.1, -0.05) is 6.07 Å². The molecule has 2 aromatic rings. The number of hydrogen-bond acceptors (Lipinski definition) is 5. The molecule has 0 saturated carbocycles. The van der Waals surface area contributed by atoms with Gasteiger partial charge in [0.15, 0.2) is 0 Å². The van der Waals surface area contributed by atoms with Crippen LogP contribution in [0, 0.1) is 5.82 Å². The summed E-state index contributed by atoms with van der Waals surface area (Å²) in [4.78, 5) is 25.1. The van der Waals surface area contributed by atoms with E-state index in [1.807, 2.05) is 6.07 Å². The maximum absolute atomic E-state index is 13.2. The highest BCUT2D eigenvalue weighted by Crippen LogP contribution is 2.17. The molecular weight excluding hydrogens is 401 g/mol. The first-order valence-electron chi connectivity index (χ1n) is 8.57. The lowest BCUT2D eigenvalue weighted by atomic mass is 10.1. The number of aromatic nitrogens is 2. The second-order valence-corrected chi connectivity index (χ2v) is 7.01. The molecule has 0 atom stereocenters. The first-order chi connectivity index (χ1) is 12.6. The molecule has 0 radical (unpaired) electrons. The molecule has 1 N–H and O–H groups in total. The van der Waals surface area contributed by atoms with E-state index in [0.29, 0.717) is 11.0 Å². The molecule has 0 aliphatic carbocycles. The molecule has 3 rings (SSSR count). The summed E-state index contributed by atoms with van der Waals surface area (Å²) in [5, 5.41) is 2.93. The molecule has 8 heteroatoms. The molecule has 26 heavy (non-hydrogen) atoms. The van der Waals surface area contributed by atoms with Crippen molar-refractivity contribution in [2.75, 3.05) is 44.2 Å². The largest absolute Gasteiger partial charge is 0.355 e. The Bertz CT molecular complexity index is 738. The third-order valence-electron chi connectivity index (χ3n) is 4.31. The van der Waals surface area contributed by atoms with Crippen LogP contribution < -0.4 is 10.2 Å². The third-order valence-corrected chi connectivity index (χ3v) is 4.91. The van der Waals surface area contributed by atoms with Crippen LogP contribution in [0.3, 0.4) is 0 Å². The Balaban J connectivity index is 1.36. The number of carbonyl (C=O) groups excluding carboxylic acids is 1. The highest BCUT2D eigenvalue weighted by Gasteiger charge is 2.18. The standard InChI is InChI=1S/C18H21BrFN5O/c19-15-12-14(2-3-16(15)20)13-17(26)21-6-7-24-8-10-25(11-9-24)18-22-4-1-5-23-18/h1-5,12H,6-11,13H2,(H,21,26). The van der Waals surface area contributed by atoms with Gasteiger partial charge in [-0.05, 0) is 39.7 Å². The molecule has 1 aromatic heterocycles. The number of benzene rings is 1. The number of anilines is 1. The molecule has 6 nitrogen and oxygen atoms in total. The van der Waals surface area contributed by atoms with Crippen LogP contribution in [0.25, 0.3) is 0 Å². The van der Waals surface area contributed by atoms with Gasteiger partial charge in [0, 0.05) is 51.7 Å². The Kier molecular flexibility index (Phi) is 6.51. The minimum Gasteiger partial charge on any atom is -0.355 e. The Labute approximate surface area is 160 Å². The van der Waals surface area contributed by atoms with Gasteiger partial charge in [0.2, 0.25) is 11.9 Å². The van der Waals surface area contributed by atoms with E-state index < -0.39 is 0 Å². The van der Waals surface area contributed by atoms with Gasteiger partial charge in [-0.25, -0.2) is 14.4 Å². The lowest BCUT2D eigenvalue weighted by Gasteiger charge is -2.34. The van der Waals surface area contributed by atoms with Crippen molar-refractivity contribution in [1.29, 1.82) is 0 Å². The Morgan fingerprint density at radius 3 is 2.62 bits per heavy atom. The zero-order valence-corrected chi connectivity index (χ0v) is 16.0. The van der Waals surface area contributed by atoms with E-state index in [0.717, 1.165) is 44.2 Å². The second kappa shape index (κ2) is 9.05. The summed E-state index contributed by atoms with van der Waals surface area (Å²) in [7, 11) is 0. The third kappa shape index (κ3) is 5.22. The molecule has 0 unspecified atom stereocenters. The summed E-state index contributed by atoms with van der Waals surface area (Å²) < 4.78 is 13.6. The smallest absolute Gasteiger partial charge is 0.225 e. The lowest BCUT2D eigenvalue weighted by molar-refractivity contribution is -0.120. The van der Waals surface area contributed by atoms with E-state index in [-0.39, 0.29) is 18.1 Å². The summed E-state index contributed by atoms with van der Waals surface area (Å²) >= 11 is 3.14. The van der Waals surface area contributed by atoms with Gasteiger partial charge >= 0.3 is 0 Å². The van der Waals surface area contributed by atoms with Crippen LogP contribution in [0.5, 0.6) is 0 Å². The monoisotopic (exact) mass is 421 g/mol. The fourth-order valence-electron chi connectivity index (χ4n) is 2.88. The Morgan fingerprint density at radius 2 is 1.92 bits per heavy atom. The van der Waals surface area contributed by atoms with Crippen molar-refractivity contribution >= 4 is 27.8 Å². The number of rotatable bonds is 6. The molecule has 0 spiro atoms. The van der Waals surface area contributed by atoms with Crippen molar-refractivity contribution in [3.63, 3.8) is 0 Å². The predicted molar refractivity (Wildman–Crippen MR) is 101 cm³/mol. The van der Waals surface area contributed by atoms with Crippen LogP contribution in [0.4, 0.5) is 10.3 Å². The van der Waals surface area contributed by atoms with E-state index in [9.17, 15) is 9.18 Å². The van der Waals surface area contributed by atoms with Crippen LogP contribution in [-0.4, -0.2) is 60.0 Å². The summed E-state index contributed by atoms with van der Waals surface area (Å²) in [6.07, 6.45) is 3.76. The van der Waals surface area contributed by atoms with Crippen LogP contribution in [-0.2, 0) is 11.2 Å². The topological polar surface area (TPSA) is 61.4 Å². The Morgan fingerprint density at radius 1 is 1.19 bits per heavy atom. The number of nitrogens with zero attached hydrogens (tertiary/aromatic N) is 4. The normalized spacial score (nSPS) is 15.1. The summed E-state index contributed by atoms with van der Waals surface area (Å²) in [5.41, 5.74) is 0.784. The van der Waals surface area contributed by atoms with Crippen molar-refractivity contribution < 1.29 is 9.18 Å². The molecule has 0 bridgehead atoms. The zero-order chi connectivity index (χ0) is 18.4. The number of halogens is 2. The van der Waals surface area contributed by atoms with Crippen LogP contribution >= 0.6 is 15.9 Å². The van der Waals surface area contributed by atoms with Gasteiger partial charge in [0.05, 0.1) is 10.9 Å². The summed E-state index contributed by atoms with van der Waals surface area (Å²) in [6, 6.07) is 6.44. The second-order valence-electron chi connectivity index (χ2n) is 6.15. The predicted octanol–water partition coefficient (Wildman–Crippen LogP) is 1.86. The highest BCUT2D eigenvalue weighted by atomic mass is 79.9. The van der Waals surface area contributed by atoms with E-state index >= 15 is 0 Å². The van der Waals surface area contributed by atoms with E-state index in [4.69, 9.17) is 0 Å². The fraction of sp³-hybridized carbons (Fsp3) is 0.389. The molecule has 1 aliphatic rings. The van der Waals surface area contributed by atoms with Crippen molar-refractivity contribution in [2.45, 2.75) is 6.42 Å². The first kappa shape index (κ1) is 18.7. The molecule has 1 aliphatic heterocycles. The van der Waals surface area contributed by atoms with E-state index in [2.05, 4.69) is 41.0 Å². The van der Waals surface area contributed by atoms with E-state index in [1.54, 1.807) is 24.5 Å². The van der Waals surface area contributed by atoms with E-state index in [1.165, 1.54) is 6.07 Å². The summed E-state index contributed by atoms with van der Waals surface area (Å²) in [6.45, 7) is 4.99. The molecular formula is C18H21BrFN5O. The molecule has 1 amide bonds. The number of nitrogens with one attached hydrogen (secondary N) is 1. The van der Waals surface area contributed by atoms with Crippen LogP contribution in [0.1, 0.15) is 5.56 Å². The van der Waals surface area contributed by atoms with Crippen molar-refractivity contribution in [3.05, 3.63) is 52.5 Å². The molecule has 2 heterocycles. The lowest BCUT2D eigenvalue weighted by Crippen LogP contribution is -2.49. The number of piperazine rings is 1. The molecule has 1 saturated heterocycles. The average molecular weight is 422 g/mol. The Hall–Kier alpha value is -2.06. The fourth-order valence-corrected chi connectivity index (χ4v) is 3.30. The van der Waals surface area contributed by atoms with Gasteiger partial charge in [-0.15, -0.1) is 0 Å². The quantitative estimate of drug-likeness (QED) is 0.770. The van der Waals surface area contributed by atoms with Crippen molar-refractivity contribution in [3.8, 4) is 0 Å². The number of amides is 1.